The summed E-state index contributed by atoms with van der Waals surface area (Å²) in [6, 6.07) is 6.29. The van der Waals surface area contributed by atoms with E-state index < -0.39 is 0 Å². The van der Waals surface area contributed by atoms with Crippen molar-refractivity contribution >= 4 is 0 Å². The van der Waals surface area contributed by atoms with Crippen molar-refractivity contribution < 1.29 is 9.84 Å². The molecule has 0 radical (unpaired) electrons. The molecule has 0 fully saturated rings. The molecule has 0 aliphatic heterocycles. The first-order valence-electron chi connectivity index (χ1n) is 5.51. The summed E-state index contributed by atoms with van der Waals surface area (Å²) in [5, 5.41) is 9.15. The molecule has 0 heterocycles. The maximum absolute atomic E-state index is 9.15. The quantitative estimate of drug-likeness (QED) is 0.820. The normalized spacial score (nSPS) is 21.1. The van der Waals surface area contributed by atoms with Crippen LogP contribution in [0.5, 0.6) is 5.75 Å². The average molecular weight is 206 g/mol. The molecule has 0 aromatic heterocycles. The number of ether oxygens (including phenoxy) is 1. The van der Waals surface area contributed by atoms with E-state index in [0.717, 1.165) is 18.6 Å². The van der Waals surface area contributed by atoms with Crippen molar-refractivity contribution in [1.29, 1.82) is 0 Å². The van der Waals surface area contributed by atoms with E-state index in [1.165, 1.54) is 11.1 Å². The average Bonchev–Trinajstić information content (AvgIpc) is 2.70. The van der Waals surface area contributed by atoms with E-state index in [9.17, 15) is 0 Å². The van der Waals surface area contributed by atoms with Crippen LogP contribution < -0.4 is 4.74 Å². The summed E-state index contributed by atoms with van der Waals surface area (Å²) in [5.74, 6) is 1.92. The molecule has 0 amide bonds. The lowest BCUT2D eigenvalue weighted by atomic mass is 9.92. The lowest BCUT2D eigenvalue weighted by Crippen LogP contribution is -2.15. The van der Waals surface area contributed by atoms with Gasteiger partial charge in [0.1, 0.15) is 5.75 Å². The Morgan fingerprint density at radius 1 is 1.40 bits per heavy atom. The summed E-state index contributed by atoms with van der Waals surface area (Å²) in [4.78, 5) is 0. The van der Waals surface area contributed by atoms with Crippen molar-refractivity contribution in [2.45, 2.75) is 19.8 Å². The van der Waals surface area contributed by atoms with Gasteiger partial charge >= 0.3 is 0 Å². The van der Waals surface area contributed by atoms with Crippen LogP contribution in [-0.2, 0) is 12.8 Å². The van der Waals surface area contributed by atoms with E-state index in [1.54, 1.807) is 7.11 Å². The van der Waals surface area contributed by atoms with E-state index in [1.807, 2.05) is 6.07 Å². The van der Waals surface area contributed by atoms with E-state index in [4.69, 9.17) is 9.84 Å². The van der Waals surface area contributed by atoms with Gasteiger partial charge in [-0.3, -0.25) is 0 Å². The largest absolute Gasteiger partial charge is 0.497 e. The monoisotopic (exact) mass is 206 g/mol. The van der Waals surface area contributed by atoms with Crippen LogP contribution in [0.3, 0.4) is 0 Å². The first-order chi connectivity index (χ1) is 7.24. The number of methoxy groups -OCH3 is 1. The van der Waals surface area contributed by atoms with Crippen molar-refractivity contribution in [1.82, 2.24) is 0 Å². The SMILES string of the molecule is COc1ccc2c(c1)CC(C(C)CO)C2. The molecule has 1 aromatic carbocycles. The van der Waals surface area contributed by atoms with Crippen LogP contribution in [0.4, 0.5) is 0 Å². The Hall–Kier alpha value is -1.02. The van der Waals surface area contributed by atoms with E-state index in [2.05, 4.69) is 19.1 Å². The summed E-state index contributed by atoms with van der Waals surface area (Å²) in [6.07, 6.45) is 2.18. The Morgan fingerprint density at radius 2 is 2.13 bits per heavy atom. The highest BCUT2D eigenvalue weighted by atomic mass is 16.5. The fourth-order valence-electron chi connectivity index (χ4n) is 2.31. The zero-order valence-corrected chi connectivity index (χ0v) is 9.36. The lowest BCUT2D eigenvalue weighted by molar-refractivity contribution is 0.192. The number of hydrogen-bond acceptors (Lipinski definition) is 2. The van der Waals surface area contributed by atoms with E-state index >= 15 is 0 Å². The van der Waals surface area contributed by atoms with Gasteiger partial charge in [0.2, 0.25) is 0 Å². The highest BCUT2D eigenvalue weighted by molar-refractivity contribution is 5.39. The molecule has 0 bridgehead atoms. The van der Waals surface area contributed by atoms with E-state index in [0.29, 0.717) is 11.8 Å². The second kappa shape index (κ2) is 4.23. The Balaban J connectivity index is 2.16. The molecule has 2 heteroatoms. The molecule has 1 aliphatic rings. The predicted molar refractivity (Wildman–Crippen MR) is 60.1 cm³/mol. The van der Waals surface area contributed by atoms with Gasteiger partial charge in [-0.1, -0.05) is 13.0 Å². The van der Waals surface area contributed by atoms with Gasteiger partial charge < -0.3 is 9.84 Å². The molecule has 1 N–H and O–H groups in total. The van der Waals surface area contributed by atoms with Gasteiger partial charge in [-0.25, -0.2) is 0 Å². The molecule has 2 atom stereocenters. The van der Waals surface area contributed by atoms with Crippen LogP contribution in [0, 0.1) is 11.8 Å². The molecule has 1 aliphatic carbocycles. The molecule has 2 unspecified atom stereocenters. The molecular formula is C13H18O2. The number of aliphatic hydroxyl groups excluding tert-OH is 1. The number of fused-ring (bicyclic) bond motifs is 1. The highest BCUT2D eigenvalue weighted by Gasteiger charge is 2.25. The summed E-state index contributed by atoms with van der Waals surface area (Å²) in [5.41, 5.74) is 2.81. The minimum atomic E-state index is 0.287. The van der Waals surface area contributed by atoms with Crippen LogP contribution >= 0.6 is 0 Å². The third kappa shape index (κ3) is 2.00. The minimum absolute atomic E-state index is 0.287. The van der Waals surface area contributed by atoms with E-state index in [-0.39, 0.29) is 6.61 Å². The third-order valence-electron chi connectivity index (χ3n) is 3.47. The summed E-state index contributed by atoms with van der Waals surface area (Å²) in [7, 11) is 1.70. The standard InChI is InChI=1S/C13H18O2/c1-9(8-14)11-5-10-3-4-13(15-2)7-12(10)6-11/h3-4,7,9,11,14H,5-6,8H2,1-2H3. The molecule has 0 saturated heterocycles. The summed E-state index contributed by atoms with van der Waals surface area (Å²) < 4.78 is 5.21. The van der Waals surface area contributed by atoms with Crippen molar-refractivity contribution in [2.24, 2.45) is 11.8 Å². The molecule has 0 saturated carbocycles. The maximum Gasteiger partial charge on any atom is 0.119 e. The maximum atomic E-state index is 9.15. The van der Waals surface area contributed by atoms with Crippen LogP contribution in [0.1, 0.15) is 18.1 Å². The Morgan fingerprint density at radius 3 is 2.80 bits per heavy atom. The minimum Gasteiger partial charge on any atom is -0.497 e. The van der Waals surface area contributed by atoms with Gasteiger partial charge in [-0.2, -0.15) is 0 Å². The van der Waals surface area contributed by atoms with Gasteiger partial charge in [0.05, 0.1) is 7.11 Å². The number of aliphatic hydroxyl groups is 1. The molecule has 2 rings (SSSR count). The summed E-state index contributed by atoms with van der Waals surface area (Å²) >= 11 is 0. The van der Waals surface area contributed by atoms with Crippen molar-refractivity contribution in [3.63, 3.8) is 0 Å². The molecule has 1 aromatic rings. The fraction of sp³-hybridized carbons (Fsp3) is 0.538. The van der Waals surface area contributed by atoms with Crippen LogP contribution in [0.25, 0.3) is 0 Å². The lowest BCUT2D eigenvalue weighted by Gasteiger charge is -2.15. The first kappa shape index (κ1) is 10.5. The van der Waals surface area contributed by atoms with Gasteiger partial charge in [-0.15, -0.1) is 0 Å². The zero-order valence-electron chi connectivity index (χ0n) is 9.36. The Labute approximate surface area is 90.9 Å². The molecule has 2 nitrogen and oxygen atoms in total. The van der Waals surface area contributed by atoms with Crippen LogP contribution in [0.15, 0.2) is 18.2 Å². The van der Waals surface area contributed by atoms with Gasteiger partial charge in [-0.05, 0) is 47.9 Å². The van der Waals surface area contributed by atoms with Crippen LogP contribution in [0.2, 0.25) is 0 Å². The van der Waals surface area contributed by atoms with Crippen LogP contribution in [-0.4, -0.2) is 18.8 Å². The zero-order chi connectivity index (χ0) is 10.8. The van der Waals surface area contributed by atoms with Crippen molar-refractivity contribution in [3.8, 4) is 5.75 Å². The fourth-order valence-corrected chi connectivity index (χ4v) is 2.31. The predicted octanol–water partition coefficient (Wildman–Crippen LogP) is 2.04. The summed E-state index contributed by atoms with van der Waals surface area (Å²) in [6.45, 7) is 2.41. The number of benzene rings is 1. The second-order valence-electron chi connectivity index (χ2n) is 4.46. The highest BCUT2D eigenvalue weighted by Crippen LogP contribution is 2.33. The van der Waals surface area contributed by atoms with Gasteiger partial charge in [0, 0.05) is 6.61 Å². The number of rotatable bonds is 3. The van der Waals surface area contributed by atoms with Crippen molar-refractivity contribution in [3.05, 3.63) is 29.3 Å². The van der Waals surface area contributed by atoms with Crippen molar-refractivity contribution in [2.75, 3.05) is 13.7 Å². The topological polar surface area (TPSA) is 29.5 Å². The molecular weight excluding hydrogens is 188 g/mol. The Bertz CT molecular complexity index is 346. The first-order valence-corrected chi connectivity index (χ1v) is 5.51. The second-order valence-corrected chi connectivity index (χ2v) is 4.46. The smallest absolute Gasteiger partial charge is 0.119 e. The molecule has 15 heavy (non-hydrogen) atoms. The molecule has 82 valence electrons. The van der Waals surface area contributed by atoms with Gasteiger partial charge in [0.15, 0.2) is 0 Å². The number of hydrogen-bond donors (Lipinski definition) is 1. The Kier molecular flexibility index (Phi) is 2.96. The molecule has 0 spiro atoms. The van der Waals surface area contributed by atoms with Gasteiger partial charge in [0.25, 0.3) is 0 Å². The third-order valence-corrected chi connectivity index (χ3v) is 3.47.